The van der Waals surface area contributed by atoms with Crippen LogP contribution in [0, 0.1) is 0 Å². The summed E-state index contributed by atoms with van der Waals surface area (Å²) >= 11 is 0. The van der Waals surface area contributed by atoms with Crippen LogP contribution in [0.2, 0.25) is 0 Å². The average Bonchev–Trinajstić information content (AvgIpc) is 3.05. The Bertz CT molecular complexity index is 812. The second-order valence-electron chi connectivity index (χ2n) is 5.42. The fourth-order valence-corrected chi connectivity index (χ4v) is 2.37. The third-order valence-corrected chi connectivity index (χ3v) is 3.60. The SMILES string of the molecule is N[C@H](Cc1ccccc1)c1nc(-c2cccc(C(F)(F)F)c2)n[nH]1. The monoisotopic (exact) mass is 332 g/mol. The number of nitrogens with zero attached hydrogens (tertiary/aromatic N) is 2. The molecule has 0 aliphatic rings. The van der Waals surface area contributed by atoms with Gasteiger partial charge in [-0.2, -0.15) is 18.3 Å². The third kappa shape index (κ3) is 3.62. The summed E-state index contributed by atoms with van der Waals surface area (Å²) in [6.45, 7) is 0. The van der Waals surface area contributed by atoms with Gasteiger partial charge in [-0.25, -0.2) is 4.98 Å². The first-order valence-corrected chi connectivity index (χ1v) is 7.33. The van der Waals surface area contributed by atoms with Gasteiger partial charge in [-0.05, 0) is 24.1 Å². The van der Waals surface area contributed by atoms with E-state index < -0.39 is 17.8 Å². The van der Waals surface area contributed by atoms with Gasteiger partial charge in [-0.3, -0.25) is 5.10 Å². The maximum Gasteiger partial charge on any atom is 0.416 e. The van der Waals surface area contributed by atoms with Crippen molar-refractivity contribution in [3.05, 3.63) is 71.5 Å². The van der Waals surface area contributed by atoms with E-state index in [-0.39, 0.29) is 5.82 Å². The number of benzene rings is 2. The molecule has 4 nitrogen and oxygen atoms in total. The molecule has 24 heavy (non-hydrogen) atoms. The van der Waals surface area contributed by atoms with Crippen LogP contribution in [0.5, 0.6) is 0 Å². The summed E-state index contributed by atoms with van der Waals surface area (Å²) in [7, 11) is 0. The molecule has 0 aliphatic carbocycles. The quantitative estimate of drug-likeness (QED) is 0.765. The van der Waals surface area contributed by atoms with Gasteiger partial charge in [-0.1, -0.05) is 42.5 Å². The van der Waals surface area contributed by atoms with Crippen molar-refractivity contribution in [1.82, 2.24) is 15.2 Å². The molecule has 0 amide bonds. The van der Waals surface area contributed by atoms with Crippen LogP contribution in [0.1, 0.15) is 23.0 Å². The van der Waals surface area contributed by atoms with E-state index in [1.807, 2.05) is 30.3 Å². The van der Waals surface area contributed by atoms with Crippen LogP contribution in [0.15, 0.2) is 54.6 Å². The van der Waals surface area contributed by atoms with Crippen molar-refractivity contribution in [2.24, 2.45) is 5.73 Å². The molecule has 0 bridgehead atoms. The maximum absolute atomic E-state index is 12.8. The van der Waals surface area contributed by atoms with Crippen molar-refractivity contribution in [2.45, 2.75) is 18.6 Å². The molecular weight excluding hydrogens is 317 g/mol. The Kier molecular flexibility index (Phi) is 4.35. The lowest BCUT2D eigenvalue weighted by Gasteiger charge is -2.08. The molecule has 3 aromatic rings. The maximum atomic E-state index is 12.8. The van der Waals surface area contributed by atoms with Gasteiger partial charge in [0, 0.05) is 5.56 Å². The highest BCUT2D eigenvalue weighted by Gasteiger charge is 2.30. The molecule has 3 rings (SSSR count). The molecule has 0 radical (unpaired) electrons. The topological polar surface area (TPSA) is 67.6 Å². The highest BCUT2D eigenvalue weighted by Crippen LogP contribution is 2.31. The van der Waals surface area contributed by atoms with Crippen molar-refractivity contribution in [2.75, 3.05) is 0 Å². The van der Waals surface area contributed by atoms with Crippen LogP contribution in [0.25, 0.3) is 11.4 Å². The number of aromatic nitrogens is 3. The van der Waals surface area contributed by atoms with Gasteiger partial charge in [0.15, 0.2) is 5.82 Å². The number of nitrogens with one attached hydrogen (secondary N) is 1. The van der Waals surface area contributed by atoms with E-state index in [1.54, 1.807) is 0 Å². The van der Waals surface area contributed by atoms with Crippen LogP contribution < -0.4 is 5.73 Å². The van der Waals surface area contributed by atoms with Crippen molar-refractivity contribution in [3.8, 4) is 11.4 Å². The van der Waals surface area contributed by atoms with Crippen molar-refractivity contribution in [1.29, 1.82) is 0 Å². The summed E-state index contributed by atoms with van der Waals surface area (Å²) in [4.78, 5) is 4.24. The summed E-state index contributed by atoms with van der Waals surface area (Å²) in [6.07, 6.45) is -3.85. The number of hydrogen-bond acceptors (Lipinski definition) is 3. The van der Waals surface area contributed by atoms with Crippen LogP contribution in [0.3, 0.4) is 0 Å². The molecule has 1 atom stereocenters. The third-order valence-electron chi connectivity index (χ3n) is 3.60. The lowest BCUT2D eigenvalue weighted by molar-refractivity contribution is -0.137. The van der Waals surface area contributed by atoms with E-state index in [2.05, 4.69) is 15.2 Å². The molecule has 0 saturated heterocycles. The first-order chi connectivity index (χ1) is 11.4. The number of halogens is 3. The molecule has 0 saturated carbocycles. The highest BCUT2D eigenvalue weighted by molar-refractivity contribution is 5.56. The van der Waals surface area contributed by atoms with Gasteiger partial charge in [0.05, 0.1) is 11.6 Å². The predicted molar refractivity (Wildman–Crippen MR) is 83.9 cm³/mol. The largest absolute Gasteiger partial charge is 0.416 e. The molecule has 0 fully saturated rings. The van der Waals surface area contributed by atoms with Crippen molar-refractivity contribution < 1.29 is 13.2 Å². The van der Waals surface area contributed by atoms with E-state index in [0.717, 1.165) is 17.7 Å². The Morgan fingerprint density at radius 3 is 2.50 bits per heavy atom. The second-order valence-corrected chi connectivity index (χ2v) is 5.42. The standard InChI is InChI=1S/C17H15F3N4/c18-17(19,20)13-8-4-7-12(10-13)15-22-16(24-23-15)14(21)9-11-5-2-1-3-6-11/h1-8,10,14H,9,21H2,(H,22,23,24)/t14-/m1/s1. The van der Waals surface area contributed by atoms with E-state index in [0.29, 0.717) is 17.8 Å². The fourth-order valence-electron chi connectivity index (χ4n) is 2.37. The van der Waals surface area contributed by atoms with Crippen LogP contribution in [-0.4, -0.2) is 15.2 Å². The smallest absolute Gasteiger partial charge is 0.321 e. The summed E-state index contributed by atoms with van der Waals surface area (Å²) in [5.41, 5.74) is 6.70. The molecule has 7 heteroatoms. The number of H-pyrrole nitrogens is 1. The lowest BCUT2D eigenvalue weighted by Crippen LogP contribution is -2.15. The molecule has 2 aromatic carbocycles. The number of alkyl halides is 3. The van der Waals surface area contributed by atoms with Crippen molar-refractivity contribution >= 4 is 0 Å². The van der Waals surface area contributed by atoms with Gasteiger partial charge in [0.25, 0.3) is 0 Å². The number of nitrogens with two attached hydrogens (primary N) is 1. The lowest BCUT2D eigenvalue weighted by atomic mass is 10.1. The minimum absolute atomic E-state index is 0.194. The summed E-state index contributed by atoms with van der Waals surface area (Å²) in [6, 6.07) is 14.1. The first kappa shape index (κ1) is 16.2. The predicted octanol–water partition coefficient (Wildman–Crippen LogP) is 3.73. The molecular formula is C17H15F3N4. The minimum atomic E-state index is -4.40. The van der Waals surface area contributed by atoms with E-state index in [1.165, 1.54) is 12.1 Å². The molecule has 1 aromatic heterocycles. The zero-order valence-corrected chi connectivity index (χ0v) is 12.6. The van der Waals surface area contributed by atoms with E-state index in [4.69, 9.17) is 5.73 Å². The summed E-state index contributed by atoms with van der Waals surface area (Å²) in [5.74, 6) is 0.630. The number of aromatic amines is 1. The first-order valence-electron chi connectivity index (χ1n) is 7.33. The Hall–Kier alpha value is -2.67. The Morgan fingerprint density at radius 1 is 1.04 bits per heavy atom. The molecule has 3 N–H and O–H groups in total. The highest BCUT2D eigenvalue weighted by atomic mass is 19.4. The van der Waals surface area contributed by atoms with Gasteiger partial charge in [-0.15, -0.1) is 0 Å². The van der Waals surface area contributed by atoms with Gasteiger partial charge >= 0.3 is 6.18 Å². The number of rotatable bonds is 4. The zero-order valence-electron chi connectivity index (χ0n) is 12.6. The van der Waals surface area contributed by atoms with E-state index >= 15 is 0 Å². The molecule has 124 valence electrons. The minimum Gasteiger partial charge on any atom is -0.321 e. The van der Waals surface area contributed by atoms with Gasteiger partial charge in [0.1, 0.15) is 5.82 Å². The second kappa shape index (κ2) is 6.45. The summed E-state index contributed by atoms with van der Waals surface area (Å²) < 4.78 is 38.4. The van der Waals surface area contributed by atoms with Gasteiger partial charge < -0.3 is 5.73 Å². The zero-order chi connectivity index (χ0) is 17.2. The Balaban J connectivity index is 1.80. The van der Waals surface area contributed by atoms with Crippen molar-refractivity contribution in [3.63, 3.8) is 0 Å². The fraction of sp³-hybridized carbons (Fsp3) is 0.176. The molecule has 0 aliphatic heterocycles. The molecule has 0 unspecified atom stereocenters. The molecule has 1 heterocycles. The molecule has 0 spiro atoms. The summed E-state index contributed by atoms with van der Waals surface area (Å²) in [5, 5.41) is 6.70. The van der Waals surface area contributed by atoms with Crippen LogP contribution in [-0.2, 0) is 12.6 Å². The Morgan fingerprint density at radius 2 is 1.79 bits per heavy atom. The van der Waals surface area contributed by atoms with Gasteiger partial charge in [0.2, 0.25) is 0 Å². The normalized spacial score (nSPS) is 13.0. The van der Waals surface area contributed by atoms with Crippen LogP contribution >= 0.6 is 0 Å². The van der Waals surface area contributed by atoms with Crippen LogP contribution in [0.4, 0.5) is 13.2 Å². The number of hydrogen-bond donors (Lipinski definition) is 2. The average molecular weight is 332 g/mol. The van der Waals surface area contributed by atoms with E-state index in [9.17, 15) is 13.2 Å². The Labute approximate surface area is 136 Å².